The van der Waals surface area contributed by atoms with E-state index in [2.05, 4.69) is 0 Å². The second-order valence-electron chi connectivity index (χ2n) is 6.26. The Labute approximate surface area is 102 Å². The lowest BCUT2D eigenvalue weighted by molar-refractivity contribution is -0.0305. The standard InChI is InChI=1S/C12H22N2O3/c1-11(2,3)17-10(15)14-6-9(7-14)12(4-5-12)8-16-13/h9H,4-8,13H2,1-3H3. The van der Waals surface area contributed by atoms with E-state index in [1.165, 1.54) is 0 Å². The van der Waals surface area contributed by atoms with Crippen LogP contribution in [0.15, 0.2) is 0 Å². The molecule has 5 nitrogen and oxygen atoms in total. The third-order valence-electron chi connectivity index (χ3n) is 3.66. The first-order valence-corrected chi connectivity index (χ1v) is 6.16. The summed E-state index contributed by atoms with van der Waals surface area (Å²) >= 11 is 0. The summed E-state index contributed by atoms with van der Waals surface area (Å²) in [5.74, 6) is 5.67. The molecule has 1 saturated heterocycles. The summed E-state index contributed by atoms with van der Waals surface area (Å²) in [6.07, 6.45) is 2.12. The fourth-order valence-electron chi connectivity index (χ4n) is 2.34. The average molecular weight is 242 g/mol. The zero-order valence-corrected chi connectivity index (χ0v) is 10.9. The number of nitrogens with zero attached hydrogens (tertiary/aromatic N) is 1. The van der Waals surface area contributed by atoms with Gasteiger partial charge in [-0.2, -0.15) is 0 Å². The molecule has 2 aliphatic rings. The highest BCUT2D eigenvalue weighted by Crippen LogP contribution is 2.54. The maximum Gasteiger partial charge on any atom is 0.410 e. The summed E-state index contributed by atoms with van der Waals surface area (Å²) in [4.78, 5) is 18.3. The van der Waals surface area contributed by atoms with E-state index in [-0.39, 0.29) is 11.5 Å². The van der Waals surface area contributed by atoms with Crippen molar-refractivity contribution in [3.8, 4) is 0 Å². The predicted molar refractivity (Wildman–Crippen MR) is 63.1 cm³/mol. The maximum absolute atomic E-state index is 11.7. The summed E-state index contributed by atoms with van der Waals surface area (Å²) in [6.45, 7) is 7.81. The molecule has 0 bridgehead atoms. The topological polar surface area (TPSA) is 64.8 Å². The second kappa shape index (κ2) is 4.14. The van der Waals surface area contributed by atoms with Gasteiger partial charge in [0.2, 0.25) is 0 Å². The lowest BCUT2D eigenvalue weighted by Gasteiger charge is -2.43. The lowest BCUT2D eigenvalue weighted by atomic mass is 9.83. The summed E-state index contributed by atoms with van der Waals surface area (Å²) in [7, 11) is 0. The number of likely N-dealkylation sites (tertiary alicyclic amines) is 1. The molecular weight excluding hydrogens is 220 g/mol. The van der Waals surface area contributed by atoms with E-state index >= 15 is 0 Å². The molecule has 5 heteroatoms. The molecule has 2 N–H and O–H groups in total. The van der Waals surface area contributed by atoms with Crippen LogP contribution in [0.1, 0.15) is 33.6 Å². The van der Waals surface area contributed by atoms with Crippen molar-refractivity contribution in [3.05, 3.63) is 0 Å². The molecule has 2 rings (SSSR count). The second-order valence-corrected chi connectivity index (χ2v) is 6.26. The van der Waals surface area contributed by atoms with Gasteiger partial charge in [0, 0.05) is 24.4 Å². The van der Waals surface area contributed by atoms with E-state index in [9.17, 15) is 4.79 Å². The monoisotopic (exact) mass is 242 g/mol. The van der Waals surface area contributed by atoms with Gasteiger partial charge < -0.3 is 14.5 Å². The van der Waals surface area contributed by atoms with Crippen molar-refractivity contribution in [3.63, 3.8) is 0 Å². The van der Waals surface area contributed by atoms with E-state index in [1.54, 1.807) is 4.90 Å². The maximum atomic E-state index is 11.7. The van der Waals surface area contributed by atoms with E-state index < -0.39 is 5.60 Å². The molecule has 0 unspecified atom stereocenters. The van der Waals surface area contributed by atoms with Gasteiger partial charge in [-0.1, -0.05) is 0 Å². The Morgan fingerprint density at radius 3 is 2.41 bits per heavy atom. The molecule has 1 saturated carbocycles. The van der Waals surface area contributed by atoms with Crippen molar-refractivity contribution in [2.24, 2.45) is 17.2 Å². The van der Waals surface area contributed by atoms with E-state index in [4.69, 9.17) is 15.5 Å². The molecule has 0 radical (unpaired) electrons. The number of hydrogen-bond donors (Lipinski definition) is 1. The number of carbonyl (C=O) groups excluding carboxylic acids is 1. The van der Waals surface area contributed by atoms with Gasteiger partial charge in [-0.05, 0) is 33.6 Å². The summed E-state index contributed by atoms with van der Waals surface area (Å²) in [5.41, 5.74) is -0.174. The number of rotatable bonds is 3. The van der Waals surface area contributed by atoms with Crippen molar-refractivity contribution in [2.75, 3.05) is 19.7 Å². The highest BCUT2D eigenvalue weighted by molar-refractivity contribution is 5.69. The molecule has 1 amide bonds. The molecule has 0 aromatic heterocycles. The van der Waals surface area contributed by atoms with Crippen LogP contribution in [-0.2, 0) is 9.57 Å². The van der Waals surface area contributed by atoms with Crippen LogP contribution in [0.25, 0.3) is 0 Å². The van der Waals surface area contributed by atoms with Crippen molar-refractivity contribution in [2.45, 2.75) is 39.2 Å². The highest BCUT2D eigenvalue weighted by Gasteiger charge is 2.54. The molecule has 0 spiro atoms. The molecule has 0 aromatic rings. The Kier molecular flexibility index (Phi) is 3.08. The molecule has 98 valence electrons. The molecule has 1 aliphatic heterocycles. The van der Waals surface area contributed by atoms with Crippen LogP contribution in [-0.4, -0.2) is 36.3 Å². The zero-order valence-electron chi connectivity index (χ0n) is 10.9. The highest BCUT2D eigenvalue weighted by atomic mass is 16.6. The Balaban J connectivity index is 1.77. The number of carbonyl (C=O) groups is 1. The Bertz CT molecular complexity index is 301. The van der Waals surface area contributed by atoms with Crippen LogP contribution in [0.2, 0.25) is 0 Å². The SMILES string of the molecule is CC(C)(C)OC(=O)N1CC(C2(CON)CC2)C1. The summed E-state index contributed by atoms with van der Waals surface area (Å²) in [6, 6.07) is 0. The van der Waals surface area contributed by atoms with Gasteiger partial charge in [-0.25, -0.2) is 10.7 Å². The quantitative estimate of drug-likeness (QED) is 0.762. The fourth-order valence-corrected chi connectivity index (χ4v) is 2.34. The van der Waals surface area contributed by atoms with Crippen LogP contribution in [0, 0.1) is 11.3 Å². The Hall–Kier alpha value is -0.810. The first-order chi connectivity index (χ1) is 7.86. The number of nitrogens with two attached hydrogens (primary N) is 1. The van der Waals surface area contributed by atoms with Crippen LogP contribution < -0.4 is 5.90 Å². The largest absolute Gasteiger partial charge is 0.444 e. The van der Waals surface area contributed by atoms with Gasteiger partial charge in [0.05, 0.1) is 6.61 Å². The van der Waals surface area contributed by atoms with Crippen molar-refractivity contribution in [1.29, 1.82) is 0 Å². The van der Waals surface area contributed by atoms with Crippen molar-refractivity contribution >= 4 is 6.09 Å². The van der Waals surface area contributed by atoms with E-state index in [1.807, 2.05) is 20.8 Å². The first-order valence-electron chi connectivity index (χ1n) is 6.16. The van der Waals surface area contributed by atoms with Crippen molar-refractivity contribution < 1.29 is 14.4 Å². The van der Waals surface area contributed by atoms with Gasteiger partial charge in [-0.15, -0.1) is 0 Å². The van der Waals surface area contributed by atoms with Crippen LogP contribution in [0.5, 0.6) is 0 Å². The minimum atomic E-state index is -0.417. The minimum absolute atomic E-state index is 0.210. The van der Waals surface area contributed by atoms with Crippen LogP contribution in [0.4, 0.5) is 4.79 Å². The van der Waals surface area contributed by atoms with E-state index in [0.29, 0.717) is 12.5 Å². The van der Waals surface area contributed by atoms with Gasteiger partial charge in [0.25, 0.3) is 0 Å². The number of amides is 1. The molecule has 17 heavy (non-hydrogen) atoms. The smallest absolute Gasteiger partial charge is 0.410 e. The summed E-state index contributed by atoms with van der Waals surface area (Å²) < 4.78 is 5.31. The minimum Gasteiger partial charge on any atom is -0.444 e. The molecule has 2 fully saturated rings. The summed E-state index contributed by atoms with van der Waals surface area (Å²) in [5, 5.41) is 0. The van der Waals surface area contributed by atoms with Crippen molar-refractivity contribution in [1.82, 2.24) is 4.90 Å². The third-order valence-corrected chi connectivity index (χ3v) is 3.66. The van der Waals surface area contributed by atoms with Gasteiger partial charge in [-0.3, -0.25) is 0 Å². The Morgan fingerprint density at radius 1 is 1.41 bits per heavy atom. The van der Waals surface area contributed by atoms with E-state index in [0.717, 1.165) is 25.9 Å². The molecule has 0 atom stereocenters. The Morgan fingerprint density at radius 2 is 2.00 bits per heavy atom. The van der Waals surface area contributed by atoms with Crippen LogP contribution in [0.3, 0.4) is 0 Å². The average Bonchev–Trinajstić information content (AvgIpc) is 2.79. The molecule has 1 aliphatic carbocycles. The van der Waals surface area contributed by atoms with Gasteiger partial charge in [0.1, 0.15) is 5.60 Å². The normalized spacial score (nSPS) is 23.2. The lowest BCUT2D eigenvalue weighted by Crippen LogP contribution is -2.55. The zero-order chi connectivity index (χ0) is 12.7. The number of hydrogen-bond acceptors (Lipinski definition) is 4. The fraction of sp³-hybridized carbons (Fsp3) is 0.917. The molecular formula is C12H22N2O3. The van der Waals surface area contributed by atoms with Crippen LogP contribution >= 0.6 is 0 Å². The number of ether oxygens (including phenoxy) is 1. The molecule has 1 heterocycles. The third kappa shape index (κ3) is 2.72. The molecule has 0 aromatic carbocycles. The van der Waals surface area contributed by atoms with Gasteiger partial charge >= 0.3 is 6.09 Å². The first kappa shape index (κ1) is 12.6. The predicted octanol–water partition coefficient (Wildman–Crippen LogP) is 1.52. The van der Waals surface area contributed by atoms with Gasteiger partial charge in [0.15, 0.2) is 0 Å².